The van der Waals surface area contributed by atoms with Crippen LogP contribution in [0.5, 0.6) is 0 Å². The van der Waals surface area contributed by atoms with Gasteiger partial charge in [-0.2, -0.15) is 5.10 Å². The lowest BCUT2D eigenvalue weighted by Gasteiger charge is -2.26. The summed E-state index contributed by atoms with van der Waals surface area (Å²) in [6.07, 6.45) is 4.94. The summed E-state index contributed by atoms with van der Waals surface area (Å²) in [6.45, 7) is 0.784. The minimum Gasteiger partial charge on any atom is -0.349 e. The van der Waals surface area contributed by atoms with Crippen LogP contribution in [0.2, 0.25) is 0 Å². The Morgan fingerprint density at radius 1 is 1.33 bits per heavy atom. The van der Waals surface area contributed by atoms with Gasteiger partial charge in [-0.3, -0.25) is 0 Å². The fourth-order valence-electron chi connectivity index (χ4n) is 3.25. The van der Waals surface area contributed by atoms with E-state index < -0.39 is 0 Å². The molecule has 3 aromatic rings. The number of halogens is 1. The second-order valence-corrected chi connectivity index (χ2v) is 6.47. The lowest BCUT2D eigenvalue weighted by Crippen LogP contribution is -2.25. The maximum absolute atomic E-state index is 14.3. The Balaban J connectivity index is 1.77. The SMILES string of the molecule is O=Nc1cnn2ccc(N3CCC[C@@H]3c3cc(P)ccc3F)nc12. The van der Waals surface area contributed by atoms with E-state index >= 15 is 0 Å². The first-order valence-electron chi connectivity index (χ1n) is 7.66. The van der Waals surface area contributed by atoms with Crippen molar-refractivity contribution in [1.29, 1.82) is 0 Å². The minimum atomic E-state index is -0.209. The molecule has 1 unspecified atom stereocenters. The van der Waals surface area contributed by atoms with Crippen molar-refractivity contribution in [2.24, 2.45) is 5.18 Å². The van der Waals surface area contributed by atoms with Crippen molar-refractivity contribution in [2.75, 3.05) is 11.4 Å². The van der Waals surface area contributed by atoms with Crippen molar-refractivity contribution < 1.29 is 4.39 Å². The zero-order chi connectivity index (χ0) is 16.7. The summed E-state index contributed by atoms with van der Waals surface area (Å²) < 4.78 is 15.8. The topological polar surface area (TPSA) is 62.9 Å². The van der Waals surface area contributed by atoms with E-state index in [2.05, 4.69) is 29.4 Å². The summed E-state index contributed by atoms with van der Waals surface area (Å²) in [5.74, 6) is 0.489. The summed E-state index contributed by atoms with van der Waals surface area (Å²) in [4.78, 5) is 17.5. The Bertz CT molecular complexity index is 928. The molecule has 0 N–H and O–H groups in total. The van der Waals surface area contributed by atoms with Crippen molar-refractivity contribution in [2.45, 2.75) is 18.9 Å². The zero-order valence-corrected chi connectivity index (χ0v) is 13.9. The molecule has 1 fully saturated rings. The molecule has 1 aromatic carbocycles. The van der Waals surface area contributed by atoms with E-state index in [0.29, 0.717) is 17.0 Å². The number of aromatic nitrogens is 3. The first-order valence-corrected chi connectivity index (χ1v) is 8.24. The van der Waals surface area contributed by atoms with E-state index in [-0.39, 0.29) is 17.5 Å². The standard InChI is InChI=1S/C16H15FN5OP/c17-12-4-3-10(24)8-11(12)14-2-1-6-21(14)15-5-7-22-16(19-15)13(20-23)9-18-22/h3-5,7-9,14H,1-2,6,24H2/t14-/m1/s1. The molecule has 1 aliphatic rings. The van der Waals surface area contributed by atoms with E-state index in [4.69, 9.17) is 0 Å². The van der Waals surface area contributed by atoms with Gasteiger partial charge in [0.1, 0.15) is 11.6 Å². The molecule has 0 spiro atoms. The van der Waals surface area contributed by atoms with Gasteiger partial charge < -0.3 is 4.90 Å². The summed E-state index contributed by atoms with van der Waals surface area (Å²) >= 11 is 0. The highest BCUT2D eigenvalue weighted by atomic mass is 31.0. The normalized spacial score (nSPS) is 17.6. The van der Waals surface area contributed by atoms with Crippen LogP contribution in [-0.2, 0) is 0 Å². The molecule has 122 valence electrons. The van der Waals surface area contributed by atoms with Gasteiger partial charge in [-0.15, -0.1) is 14.1 Å². The zero-order valence-electron chi connectivity index (χ0n) is 12.8. The smallest absolute Gasteiger partial charge is 0.186 e. The Morgan fingerprint density at radius 2 is 2.21 bits per heavy atom. The molecular weight excluding hydrogens is 328 g/mol. The van der Waals surface area contributed by atoms with Crippen molar-refractivity contribution in [3.8, 4) is 0 Å². The maximum Gasteiger partial charge on any atom is 0.186 e. The third-order valence-electron chi connectivity index (χ3n) is 4.36. The Hall–Kier alpha value is -2.40. The van der Waals surface area contributed by atoms with Gasteiger partial charge >= 0.3 is 0 Å². The Labute approximate surface area is 139 Å². The first-order chi connectivity index (χ1) is 11.7. The monoisotopic (exact) mass is 343 g/mol. The highest BCUT2D eigenvalue weighted by Crippen LogP contribution is 2.36. The van der Waals surface area contributed by atoms with Crippen LogP contribution in [0.25, 0.3) is 5.65 Å². The van der Waals surface area contributed by atoms with E-state index in [1.165, 1.54) is 16.8 Å². The van der Waals surface area contributed by atoms with Crippen molar-refractivity contribution in [1.82, 2.24) is 14.6 Å². The summed E-state index contributed by atoms with van der Waals surface area (Å²) in [6, 6.07) is 6.85. The summed E-state index contributed by atoms with van der Waals surface area (Å²) in [7, 11) is 2.60. The van der Waals surface area contributed by atoms with Crippen LogP contribution >= 0.6 is 9.24 Å². The molecule has 1 aliphatic heterocycles. The van der Waals surface area contributed by atoms with Crippen LogP contribution in [0.1, 0.15) is 24.4 Å². The lowest BCUT2D eigenvalue weighted by atomic mass is 10.0. The molecule has 0 radical (unpaired) electrons. The van der Waals surface area contributed by atoms with Crippen LogP contribution in [0.15, 0.2) is 41.8 Å². The van der Waals surface area contributed by atoms with E-state index in [1.807, 2.05) is 12.1 Å². The predicted octanol–water partition coefficient (Wildman–Crippen LogP) is 3.11. The van der Waals surface area contributed by atoms with E-state index in [0.717, 1.165) is 24.7 Å². The van der Waals surface area contributed by atoms with Crippen LogP contribution in [0.4, 0.5) is 15.9 Å². The Kier molecular flexibility index (Phi) is 3.73. The second kappa shape index (κ2) is 5.91. The van der Waals surface area contributed by atoms with Gasteiger partial charge in [0.15, 0.2) is 11.3 Å². The quantitative estimate of drug-likeness (QED) is 0.541. The lowest BCUT2D eigenvalue weighted by molar-refractivity contribution is 0.580. The van der Waals surface area contributed by atoms with Gasteiger partial charge in [0, 0.05) is 18.3 Å². The molecular formula is C16H15FN5OP. The molecule has 2 aromatic heterocycles. The number of rotatable bonds is 3. The van der Waals surface area contributed by atoms with Crippen LogP contribution in [0, 0.1) is 10.7 Å². The maximum atomic E-state index is 14.3. The molecule has 0 amide bonds. The molecule has 8 heteroatoms. The highest BCUT2D eigenvalue weighted by Gasteiger charge is 2.29. The first kappa shape index (κ1) is 15.1. The average molecular weight is 343 g/mol. The summed E-state index contributed by atoms with van der Waals surface area (Å²) in [5.41, 5.74) is 1.28. The van der Waals surface area contributed by atoms with Gasteiger partial charge in [0.2, 0.25) is 0 Å². The second-order valence-electron chi connectivity index (χ2n) is 5.81. The fourth-order valence-corrected chi connectivity index (χ4v) is 3.53. The average Bonchev–Trinajstić information content (AvgIpc) is 3.22. The van der Waals surface area contributed by atoms with E-state index in [9.17, 15) is 9.30 Å². The van der Waals surface area contributed by atoms with Gasteiger partial charge in [0.05, 0.1) is 12.2 Å². The number of nitrogens with zero attached hydrogens (tertiary/aromatic N) is 5. The molecule has 0 saturated carbocycles. The van der Waals surface area contributed by atoms with Crippen LogP contribution in [0.3, 0.4) is 0 Å². The van der Waals surface area contributed by atoms with Gasteiger partial charge in [-0.05, 0) is 41.5 Å². The third-order valence-corrected chi connectivity index (χ3v) is 4.72. The molecule has 2 atom stereocenters. The van der Waals surface area contributed by atoms with Crippen LogP contribution in [-0.4, -0.2) is 21.1 Å². The Morgan fingerprint density at radius 3 is 3.04 bits per heavy atom. The molecule has 3 heterocycles. The van der Waals surface area contributed by atoms with E-state index in [1.54, 1.807) is 12.3 Å². The van der Waals surface area contributed by atoms with Gasteiger partial charge in [0.25, 0.3) is 0 Å². The third kappa shape index (κ3) is 2.45. The number of nitroso groups, excluding NO2 is 1. The largest absolute Gasteiger partial charge is 0.349 e. The number of fused-ring (bicyclic) bond motifs is 1. The minimum absolute atomic E-state index is 0.0731. The van der Waals surface area contributed by atoms with Gasteiger partial charge in [-0.25, -0.2) is 13.9 Å². The number of hydrogen-bond donors (Lipinski definition) is 0. The van der Waals surface area contributed by atoms with Crippen molar-refractivity contribution in [3.63, 3.8) is 0 Å². The molecule has 24 heavy (non-hydrogen) atoms. The number of anilines is 1. The highest BCUT2D eigenvalue weighted by molar-refractivity contribution is 7.27. The molecule has 4 rings (SSSR count). The predicted molar refractivity (Wildman–Crippen MR) is 93.5 cm³/mol. The van der Waals surface area contributed by atoms with Crippen molar-refractivity contribution in [3.05, 3.63) is 52.9 Å². The summed E-state index contributed by atoms with van der Waals surface area (Å²) in [5, 5.41) is 7.94. The molecule has 0 aliphatic carbocycles. The molecule has 0 bridgehead atoms. The molecule has 1 saturated heterocycles. The molecule has 6 nitrogen and oxygen atoms in total. The van der Waals surface area contributed by atoms with Crippen molar-refractivity contribution >= 4 is 31.7 Å². The van der Waals surface area contributed by atoms with Gasteiger partial charge in [-0.1, -0.05) is 6.07 Å². The fraction of sp³-hybridized carbons (Fsp3) is 0.250. The number of hydrogen-bond acceptors (Lipinski definition) is 5. The number of benzene rings is 1. The van der Waals surface area contributed by atoms with Crippen LogP contribution < -0.4 is 10.2 Å².